The first-order chi connectivity index (χ1) is 8.38. The van der Waals surface area contributed by atoms with Crippen molar-refractivity contribution < 1.29 is 0 Å². The normalized spacial score (nSPS) is 15.2. The van der Waals surface area contributed by atoms with Crippen LogP contribution in [0.2, 0.25) is 0 Å². The molecule has 0 saturated carbocycles. The molecule has 0 amide bonds. The Morgan fingerprint density at radius 2 is 2.24 bits per heavy atom. The number of nitrogen functional groups attached to an aromatic ring is 1. The number of hydrogen-bond donors (Lipinski definition) is 3. The van der Waals surface area contributed by atoms with Crippen molar-refractivity contribution in [2.75, 3.05) is 17.3 Å². The average Bonchev–Trinajstić information content (AvgIpc) is 2.41. The molecule has 4 N–H and O–H groups in total. The monoisotopic (exact) mass is 232 g/mol. The Labute approximate surface area is 102 Å². The molecule has 0 atom stereocenters. The van der Waals surface area contributed by atoms with Crippen molar-refractivity contribution in [2.24, 2.45) is 5.84 Å². The largest absolute Gasteiger partial charge is 0.370 e. The van der Waals surface area contributed by atoms with Crippen LogP contribution in [-0.2, 0) is 0 Å². The molecular formula is C13H20N4. The molecule has 0 aromatic carbocycles. The van der Waals surface area contributed by atoms with Crippen LogP contribution in [0.3, 0.4) is 0 Å². The second-order valence-corrected chi connectivity index (χ2v) is 4.36. The highest BCUT2D eigenvalue weighted by molar-refractivity contribution is 5.46. The van der Waals surface area contributed by atoms with E-state index in [2.05, 4.69) is 21.8 Å². The third-order valence-electron chi connectivity index (χ3n) is 3.07. The summed E-state index contributed by atoms with van der Waals surface area (Å²) in [6.07, 6.45) is 10.5. The predicted molar refractivity (Wildman–Crippen MR) is 71.7 cm³/mol. The summed E-state index contributed by atoms with van der Waals surface area (Å²) in [5.74, 6) is 6.18. The lowest BCUT2D eigenvalue weighted by Gasteiger charge is -2.13. The fourth-order valence-corrected chi connectivity index (χ4v) is 2.07. The summed E-state index contributed by atoms with van der Waals surface area (Å²) in [4.78, 5) is 4.26. The summed E-state index contributed by atoms with van der Waals surface area (Å²) < 4.78 is 0. The summed E-state index contributed by atoms with van der Waals surface area (Å²) >= 11 is 0. The molecule has 0 fully saturated rings. The Morgan fingerprint density at radius 3 is 2.88 bits per heavy atom. The number of allylic oxidation sites excluding steroid dienone is 1. The van der Waals surface area contributed by atoms with Gasteiger partial charge in [-0.2, -0.15) is 0 Å². The molecule has 0 saturated heterocycles. The number of anilines is 2. The van der Waals surface area contributed by atoms with Gasteiger partial charge in [0.2, 0.25) is 0 Å². The molecule has 17 heavy (non-hydrogen) atoms. The highest BCUT2D eigenvalue weighted by Crippen LogP contribution is 2.20. The molecule has 1 heterocycles. The minimum atomic E-state index is 0.825. The number of hydrazine groups is 1. The van der Waals surface area contributed by atoms with Crippen LogP contribution in [0.25, 0.3) is 0 Å². The van der Waals surface area contributed by atoms with Crippen molar-refractivity contribution in [1.82, 2.24) is 4.98 Å². The zero-order valence-electron chi connectivity index (χ0n) is 10.1. The number of rotatable bonds is 5. The van der Waals surface area contributed by atoms with Gasteiger partial charge in [0.15, 0.2) is 0 Å². The number of hydrogen-bond acceptors (Lipinski definition) is 4. The number of nitrogens with one attached hydrogen (secondary N) is 2. The van der Waals surface area contributed by atoms with Crippen LogP contribution in [0.5, 0.6) is 0 Å². The van der Waals surface area contributed by atoms with Gasteiger partial charge < -0.3 is 10.7 Å². The zero-order valence-corrected chi connectivity index (χ0v) is 10.1. The molecule has 1 aromatic rings. The lowest BCUT2D eigenvalue weighted by atomic mass is 9.97. The van der Waals surface area contributed by atoms with Gasteiger partial charge in [-0.15, -0.1) is 0 Å². The van der Waals surface area contributed by atoms with Gasteiger partial charge in [-0.3, -0.25) is 5.84 Å². The summed E-state index contributed by atoms with van der Waals surface area (Å²) in [7, 11) is 0. The molecule has 0 unspecified atom stereocenters. The van der Waals surface area contributed by atoms with E-state index in [1.807, 2.05) is 12.1 Å². The standard InChI is InChI=1S/C13H20N4/c14-17-12-6-7-13(16-10-12)15-9-8-11-4-2-1-3-5-11/h4,6-7,10,17H,1-3,5,8-9,14H2,(H,15,16). The summed E-state index contributed by atoms with van der Waals surface area (Å²) in [5.41, 5.74) is 4.97. The van der Waals surface area contributed by atoms with Crippen molar-refractivity contribution >= 4 is 11.5 Å². The molecule has 0 radical (unpaired) electrons. The first kappa shape index (κ1) is 11.9. The lowest BCUT2D eigenvalue weighted by Crippen LogP contribution is -2.08. The minimum Gasteiger partial charge on any atom is -0.370 e. The van der Waals surface area contributed by atoms with E-state index >= 15 is 0 Å². The Kier molecular flexibility index (Phi) is 4.38. The predicted octanol–water partition coefficient (Wildman–Crippen LogP) is 2.67. The molecule has 0 spiro atoms. The maximum Gasteiger partial charge on any atom is 0.126 e. The Balaban J connectivity index is 1.75. The van der Waals surface area contributed by atoms with E-state index in [0.29, 0.717) is 0 Å². The molecule has 4 heteroatoms. The fraction of sp³-hybridized carbons (Fsp3) is 0.462. The van der Waals surface area contributed by atoms with Crippen LogP contribution >= 0.6 is 0 Å². The van der Waals surface area contributed by atoms with Crippen molar-refractivity contribution in [3.05, 3.63) is 30.0 Å². The van der Waals surface area contributed by atoms with Gasteiger partial charge in [0.05, 0.1) is 11.9 Å². The van der Waals surface area contributed by atoms with Gasteiger partial charge in [-0.05, 0) is 44.2 Å². The van der Waals surface area contributed by atoms with Gasteiger partial charge in [-0.1, -0.05) is 11.6 Å². The van der Waals surface area contributed by atoms with E-state index in [1.165, 1.54) is 25.7 Å². The third kappa shape index (κ3) is 3.75. The molecule has 0 aliphatic heterocycles. The van der Waals surface area contributed by atoms with E-state index in [4.69, 9.17) is 5.84 Å². The Hall–Kier alpha value is -1.55. The van der Waals surface area contributed by atoms with E-state index in [9.17, 15) is 0 Å². The number of nitrogens with zero attached hydrogens (tertiary/aromatic N) is 1. The fourth-order valence-electron chi connectivity index (χ4n) is 2.07. The van der Waals surface area contributed by atoms with Crippen LogP contribution in [0.15, 0.2) is 30.0 Å². The van der Waals surface area contributed by atoms with Crippen LogP contribution in [0.1, 0.15) is 32.1 Å². The van der Waals surface area contributed by atoms with Crippen LogP contribution in [-0.4, -0.2) is 11.5 Å². The maximum atomic E-state index is 5.28. The highest BCUT2D eigenvalue weighted by atomic mass is 15.2. The van der Waals surface area contributed by atoms with Crippen molar-refractivity contribution in [2.45, 2.75) is 32.1 Å². The first-order valence-corrected chi connectivity index (χ1v) is 6.23. The van der Waals surface area contributed by atoms with Crippen LogP contribution in [0.4, 0.5) is 11.5 Å². The number of nitrogens with two attached hydrogens (primary N) is 1. The lowest BCUT2D eigenvalue weighted by molar-refractivity contribution is 0.679. The smallest absolute Gasteiger partial charge is 0.126 e. The topological polar surface area (TPSA) is 63.0 Å². The SMILES string of the molecule is NNc1ccc(NCCC2=CCCCC2)nc1. The second kappa shape index (κ2) is 6.25. The average molecular weight is 232 g/mol. The molecule has 4 nitrogen and oxygen atoms in total. The molecule has 1 aliphatic carbocycles. The van der Waals surface area contributed by atoms with Gasteiger partial charge in [-0.25, -0.2) is 4.98 Å². The maximum absolute atomic E-state index is 5.28. The molecule has 0 bridgehead atoms. The van der Waals surface area contributed by atoms with Gasteiger partial charge in [0.1, 0.15) is 5.82 Å². The van der Waals surface area contributed by atoms with Crippen LogP contribution < -0.4 is 16.6 Å². The third-order valence-corrected chi connectivity index (χ3v) is 3.07. The van der Waals surface area contributed by atoms with E-state index in [1.54, 1.807) is 11.8 Å². The summed E-state index contributed by atoms with van der Waals surface area (Å²) in [6, 6.07) is 3.85. The summed E-state index contributed by atoms with van der Waals surface area (Å²) in [5, 5.41) is 3.32. The Morgan fingerprint density at radius 1 is 1.29 bits per heavy atom. The quantitative estimate of drug-likeness (QED) is 0.415. The number of pyridine rings is 1. The summed E-state index contributed by atoms with van der Waals surface area (Å²) in [6.45, 7) is 0.953. The van der Waals surface area contributed by atoms with Crippen LogP contribution in [0, 0.1) is 0 Å². The van der Waals surface area contributed by atoms with Gasteiger partial charge in [0, 0.05) is 6.54 Å². The highest BCUT2D eigenvalue weighted by Gasteiger charge is 2.03. The molecule has 2 rings (SSSR count). The molecule has 1 aromatic heterocycles. The Bertz CT molecular complexity index is 370. The van der Waals surface area contributed by atoms with Crippen molar-refractivity contribution in [1.29, 1.82) is 0 Å². The van der Waals surface area contributed by atoms with E-state index in [-0.39, 0.29) is 0 Å². The van der Waals surface area contributed by atoms with Gasteiger partial charge in [0.25, 0.3) is 0 Å². The van der Waals surface area contributed by atoms with Gasteiger partial charge >= 0.3 is 0 Å². The minimum absolute atomic E-state index is 0.825. The van der Waals surface area contributed by atoms with E-state index < -0.39 is 0 Å². The van der Waals surface area contributed by atoms with Crippen molar-refractivity contribution in [3.8, 4) is 0 Å². The molecular weight excluding hydrogens is 212 g/mol. The number of aromatic nitrogens is 1. The van der Waals surface area contributed by atoms with E-state index in [0.717, 1.165) is 24.5 Å². The zero-order chi connectivity index (χ0) is 11.9. The second-order valence-electron chi connectivity index (χ2n) is 4.36. The molecule has 1 aliphatic rings. The first-order valence-electron chi connectivity index (χ1n) is 6.23. The molecule has 92 valence electrons. The van der Waals surface area contributed by atoms with Crippen molar-refractivity contribution in [3.63, 3.8) is 0 Å².